The summed E-state index contributed by atoms with van der Waals surface area (Å²) in [4.78, 5) is 3.36. The van der Waals surface area contributed by atoms with Crippen molar-refractivity contribution < 1.29 is 0 Å². The summed E-state index contributed by atoms with van der Waals surface area (Å²) < 4.78 is 0. The topological polar surface area (TPSA) is 15.8 Å². The number of aromatic amines is 1. The Morgan fingerprint density at radius 1 is 0.778 bits per heavy atom. The summed E-state index contributed by atoms with van der Waals surface area (Å²) in [7, 11) is 0. The lowest BCUT2D eigenvalue weighted by Crippen LogP contribution is -1.81. The number of aryl methyl sites for hydroxylation is 1. The number of hydrogen-bond donors (Lipinski definition) is 1. The molecule has 0 aliphatic rings. The molecule has 1 nitrogen and oxygen atoms in total. The second kappa shape index (κ2) is 4.53. The van der Waals surface area contributed by atoms with E-state index in [-0.39, 0.29) is 0 Å². The van der Waals surface area contributed by atoms with Crippen LogP contribution in [0.15, 0.2) is 66.9 Å². The maximum absolute atomic E-state index is 3.36. The number of rotatable bonds is 2. The van der Waals surface area contributed by atoms with Gasteiger partial charge in [0.05, 0.1) is 0 Å². The zero-order chi connectivity index (χ0) is 12.4. The van der Waals surface area contributed by atoms with Gasteiger partial charge in [0, 0.05) is 17.5 Å². The largest absolute Gasteiger partial charge is 0.361 e. The minimum absolute atomic E-state index is 1.17. The Balaban J connectivity index is 2.03. The molecule has 0 amide bonds. The Labute approximate surface area is 107 Å². The van der Waals surface area contributed by atoms with Gasteiger partial charge < -0.3 is 4.98 Å². The molecular weight excluding hydrogens is 218 g/mol. The van der Waals surface area contributed by atoms with Crippen molar-refractivity contribution in [2.75, 3.05) is 0 Å². The minimum atomic E-state index is 1.17. The van der Waals surface area contributed by atoms with E-state index in [9.17, 15) is 0 Å². The Kier molecular flexibility index (Phi) is 2.73. The molecule has 1 heterocycles. The Morgan fingerprint density at radius 3 is 2.28 bits per heavy atom. The first kappa shape index (κ1) is 10.8. The number of aromatic nitrogens is 1. The molecule has 0 saturated heterocycles. The molecule has 0 bridgehead atoms. The van der Waals surface area contributed by atoms with Gasteiger partial charge in [-0.3, -0.25) is 0 Å². The van der Waals surface area contributed by atoms with Gasteiger partial charge in [-0.25, -0.2) is 0 Å². The Morgan fingerprint density at radius 2 is 1.50 bits per heavy atom. The second-order valence-corrected chi connectivity index (χ2v) is 4.48. The van der Waals surface area contributed by atoms with Crippen molar-refractivity contribution in [1.29, 1.82) is 0 Å². The first-order valence-corrected chi connectivity index (χ1v) is 6.14. The maximum atomic E-state index is 3.36. The SMILES string of the molecule is Cc1ccccc1-c1cc(-c2ccccc2)c[nH]1. The van der Waals surface area contributed by atoms with Gasteiger partial charge in [-0.1, -0.05) is 54.6 Å². The molecule has 88 valence electrons. The molecule has 0 radical (unpaired) electrons. The summed E-state index contributed by atoms with van der Waals surface area (Å²) in [5.74, 6) is 0. The van der Waals surface area contributed by atoms with Crippen LogP contribution in [0.5, 0.6) is 0 Å². The standard InChI is InChI=1S/C17H15N/c1-13-7-5-6-10-16(13)17-11-15(12-18-17)14-8-3-2-4-9-14/h2-12,18H,1H3. The lowest BCUT2D eigenvalue weighted by molar-refractivity contribution is 1.37. The van der Waals surface area contributed by atoms with Gasteiger partial charge in [-0.2, -0.15) is 0 Å². The van der Waals surface area contributed by atoms with Gasteiger partial charge in [0.2, 0.25) is 0 Å². The van der Waals surface area contributed by atoms with Gasteiger partial charge in [0.1, 0.15) is 0 Å². The highest BCUT2D eigenvalue weighted by Crippen LogP contribution is 2.27. The van der Waals surface area contributed by atoms with Crippen molar-refractivity contribution in [2.45, 2.75) is 6.92 Å². The number of hydrogen-bond acceptors (Lipinski definition) is 0. The molecule has 0 aliphatic carbocycles. The molecule has 0 unspecified atom stereocenters. The van der Waals surface area contributed by atoms with Crippen LogP contribution in [0.3, 0.4) is 0 Å². The van der Waals surface area contributed by atoms with E-state index >= 15 is 0 Å². The van der Waals surface area contributed by atoms with E-state index in [0.29, 0.717) is 0 Å². The monoisotopic (exact) mass is 233 g/mol. The Hall–Kier alpha value is -2.28. The fraction of sp³-hybridized carbons (Fsp3) is 0.0588. The van der Waals surface area contributed by atoms with E-state index in [2.05, 4.69) is 72.7 Å². The molecule has 0 spiro atoms. The molecule has 3 rings (SSSR count). The summed E-state index contributed by atoms with van der Waals surface area (Å²) >= 11 is 0. The molecule has 0 fully saturated rings. The first-order chi connectivity index (χ1) is 8.84. The van der Waals surface area contributed by atoms with E-state index in [1.807, 2.05) is 6.07 Å². The third kappa shape index (κ3) is 1.95. The Bertz CT molecular complexity index is 650. The summed E-state index contributed by atoms with van der Waals surface area (Å²) in [6.45, 7) is 2.14. The number of H-pyrrole nitrogens is 1. The van der Waals surface area contributed by atoms with Crippen LogP contribution >= 0.6 is 0 Å². The fourth-order valence-corrected chi connectivity index (χ4v) is 2.22. The minimum Gasteiger partial charge on any atom is -0.361 e. The first-order valence-electron chi connectivity index (χ1n) is 6.14. The normalized spacial score (nSPS) is 10.5. The average Bonchev–Trinajstić information content (AvgIpc) is 2.90. The summed E-state index contributed by atoms with van der Waals surface area (Å²) in [5.41, 5.74) is 6.20. The second-order valence-electron chi connectivity index (χ2n) is 4.48. The van der Waals surface area contributed by atoms with E-state index < -0.39 is 0 Å². The number of benzene rings is 2. The molecule has 1 aromatic heterocycles. The van der Waals surface area contributed by atoms with Gasteiger partial charge in [-0.15, -0.1) is 0 Å². The van der Waals surface area contributed by atoms with E-state index in [1.165, 1.54) is 27.9 Å². The average molecular weight is 233 g/mol. The predicted octanol–water partition coefficient (Wildman–Crippen LogP) is 4.66. The van der Waals surface area contributed by atoms with Crippen molar-refractivity contribution in [3.05, 3.63) is 72.4 Å². The molecular formula is C17H15N. The zero-order valence-electron chi connectivity index (χ0n) is 10.4. The van der Waals surface area contributed by atoms with Gasteiger partial charge in [0.25, 0.3) is 0 Å². The van der Waals surface area contributed by atoms with E-state index in [1.54, 1.807) is 0 Å². The summed E-state index contributed by atoms with van der Waals surface area (Å²) in [5, 5.41) is 0. The van der Waals surface area contributed by atoms with E-state index in [0.717, 1.165) is 0 Å². The van der Waals surface area contributed by atoms with Crippen LogP contribution < -0.4 is 0 Å². The lowest BCUT2D eigenvalue weighted by atomic mass is 10.0. The molecule has 1 N–H and O–H groups in total. The maximum Gasteiger partial charge on any atom is 0.0463 e. The predicted molar refractivity (Wildman–Crippen MR) is 76.4 cm³/mol. The molecule has 0 aliphatic heterocycles. The van der Waals surface area contributed by atoms with Crippen molar-refractivity contribution in [2.24, 2.45) is 0 Å². The number of nitrogens with one attached hydrogen (secondary N) is 1. The molecule has 3 aromatic rings. The van der Waals surface area contributed by atoms with Crippen molar-refractivity contribution >= 4 is 0 Å². The smallest absolute Gasteiger partial charge is 0.0463 e. The molecule has 18 heavy (non-hydrogen) atoms. The van der Waals surface area contributed by atoms with Gasteiger partial charge in [0.15, 0.2) is 0 Å². The summed E-state index contributed by atoms with van der Waals surface area (Å²) in [6.07, 6.45) is 2.07. The van der Waals surface area contributed by atoms with Crippen LogP contribution in [0.2, 0.25) is 0 Å². The van der Waals surface area contributed by atoms with Crippen LogP contribution in [0.4, 0.5) is 0 Å². The molecule has 0 saturated carbocycles. The highest BCUT2D eigenvalue weighted by atomic mass is 14.7. The van der Waals surface area contributed by atoms with Crippen LogP contribution in [0, 0.1) is 6.92 Å². The quantitative estimate of drug-likeness (QED) is 0.662. The molecule has 2 aromatic carbocycles. The van der Waals surface area contributed by atoms with Gasteiger partial charge >= 0.3 is 0 Å². The van der Waals surface area contributed by atoms with Gasteiger partial charge in [-0.05, 0) is 29.7 Å². The van der Waals surface area contributed by atoms with Crippen LogP contribution in [-0.4, -0.2) is 4.98 Å². The van der Waals surface area contributed by atoms with Crippen molar-refractivity contribution in [1.82, 2.24) is 4.98 Å². The van der Waals surface area contributed by atoms with Crippen molar-refractivity contribution in [3.8, 4) is 22.4 Å². The summed E-state index contributed by atoms with van der Waals surface area (Å²) in [6, 6.07) is 21.1. The third-order valence-corrected chi connectivity index (χ3v) is 3.23. The zero-order valence-corrected chi connectivity index (χ0v) is 10.4. The van der Waals surface area contributed by atoms with E-state index in [4.69, 9.17) is 0 Å². The molecule has 1 heteroatoms. The van der Waals surface area contributed by atoms with Crippen LogP contribution in [-0.2, 0) is 0 Å². The van der Waals surface area contributed by atoms with Crippen molar-refractivity contribution in [3.63, 3.8) is 0 Å². The highest BCUT2D eigenvalue weighted by molar-refractivity contribution is 5.72. The van der Waals surface area contributed by atoms with Crippen LogP contribution in [0.25, 0.3) is 22.4 Å². The van der Waals surface area contributed by atoms with Crippen LogP contribution in [0.1, 0.15) is 5.56 Å². The fourth-order valence-electron chi connectivity index (χ4n) is 2.22. The molecule has 0 atom stereocenters. The lowest BCUT2D eigenvalue weighted by Gasteiger charge is -2.01. The third-order valence-electron chi connectivity index (χ3n) is 3.23. The highest BCUT2D eigenvalue weighted by Gasteiger charge is 2.05.